The summed E-state index contributed by atoms with van der Waals surface area (Å²) in [5.74, 6) is 1.57. The van der Waals surface area contributed by atoms with E-state index in [2.05, 4.69) is 6.92 Å². The van der Waals surface area contributed by atoms with Crippen molar-refractivity contribution in [3.63, 3.8) is 0 Å². The van der Waals surface area contributed by atoms with Gasteiger partial charge in [-0.3, -0.25) is 4.79 Å². The first kappa shape index (κ1) is 6.20. The van der Waals surface area contributed by atoms with Crippen LogP contribution in [0.3, 0.4) is 0 Å². The smallest absolute Gasteiger partial charge is 0.306 e. The van der Waals surface area contributed by atoms with Gasteiger partial charge >= 0.3 is 5.97 Å². The Bertz CT molecular complexity index is 176. The summed E-state index contributed by atoms with van der Waals surface area (Å²) in [6, 6.07) is 0. The summed E-state index contributed by atoms with van der Waals surface area (Å²) in [6.45, 7) is 2.21. The predicted molar refractivity (Wildman–Crippen MR) is 36.5 cm³/mol. The summed E-state index contributed by atoms with van der Waals surface area (Å²) in [7, 11) is 0. The first-order chi connectivity index (χ1) is 4.70. The Morgan fingerprint density at radius 3 is 2.30 bits per heavy atom. The molecule has 1 N–H and O–H groups in total. The Morgan fingerprint density at radius 1 is 1.40 bits per heavy atom. The molecule has 0 heterocycles. The van der Waals surface area contributed by atoms with Gasteiger partial charge in [-0.1, -0.05) is 6.92 Å². The van der Waals surface area contributed by atoms with Crippen molar-refractivity contribution in [2.75, 3.05) is 0 Å². The molecule has 0 amide bonds. The summed E-state index contributed by atoms with van der Waals surface area (Å²) >= 11 is 0. The lowest BCUT2D eigenvalue weighted by Crippen LogP contribution is -2.00. The highest BCUT2D eigenvalue weighted by Gasteiger charge is 2.54. The van der Waals surface area contributed by atoms with Crippen LogP contribution >= 0.6 is 0 Å². The molecule has 2 fully saturated rings. The molecule has 0 aromatic carbocycles. The van der Waals surface area contributed by atoms with Gasteiger partial charge in [-0.2, -0.15) is 0 Å². The number of rotatable bonds is 2. The van der Waals surface area contributed by atoms with Crippen LogP contribution in [-0.2, 0) is 4.79 Å². The third kappa shape index (κ3) is 0.825. The summed E-state index contributed by atoms with van der Waals surface area (Å²) in [6.07, 6.45) is 2.22. The highest BCUT2D eigenvalue weighted by atomic mass is 16.4. The van der Waals surface area contributed by atoms with Crippen LogP contribution < -0.4 is 0 Å². The topological polar surface area (TPSA) is 37.3 Å². The number of hydrogen-bond donors (Lipinski definition) is 1. The molecule has 56 valence electrons. The van der Waals surface area contributed by atoms with Crippen LogP contribution in [0.15, 0.2) is 0 Å². The van der Waals surface area contributed by atoms with Crippen LogP contribution in [-0.4, -0.2) is 11.1 Å². The van der Waals surface area contributed by atoms with Gasteiger partial charge < -0.3 is 5.11 Å². The summed E-state index contributed by atoms with van der Waals surface area (Å²) < 4.78 is 0. The molecule has 4 atom stereocenters. The Hall–Kier alpha value is -0.530. The molecule has 10 heavy (non-hydrogen) atoms. The van der Waals surface area contributed by atoms with Crippen LogP contribution in [0, 0.1) is 23.7 Å². The maximum Gasteiger partial charge on any atom is 0.306 e. The van der Waals surface area contributed by atoms with Crippen molar-refractivity contribution in [3.05, 3.63) is 0 Å². The molecule has 0 radical (unpaired) electrons. The largest absolute Gasteiger partial charge is 0.481 e. The minimum absolute atomic E-state index is 0.0231. The monoisotopic (exact) mass is 140 g/mol. The van der Waals surface area contributed by atoms with E-state index < -0.39 is 5.97 Å². The van der Waals surface area contributed by atoms with E-state index in [0.29, 0.717) is 5.92 Å². The maximum absolute atomic E-state index is 10.4. The van der Waals surface area contributed by atoms with Crippen molar-refractivity contribution in [1.29, 1.82) is 0 Å². The van der Waals surface area contributed by atoms with E-state index in [9.17, 15) is 4.79 Å². The minimum atomic E-state index is -0.580. The quantitative estimate of drug-likeness (QED) is 0.628. The van der Waals surface area contributed by atoms with E-state index in [0.717, 1.165) is 18.3 Å². The number of hydrogen-bond acceptors (Lipinski definition) is 1. The number of carbonyl (C=O) groups is 1. The van der Waals surface area contributed by atoms with Crippen molar-refractivity contribution < 1.29 is 9.90 Å². The molecule has 0 saturated heterocycles. The lowest BCUT2D eigenvalue weighted by atomic mass is 10.2. The zero-order chi connectivity index (χ0) is 7.30. The molecule has 2 saturated carbocycles. The lowest BCUT2D eigenvalue weighted by Gasteiger charge is -1.89. The predicted octanol–water partition coefficient (Wildman–Crippen LogP) is 1.36. The molecule has 2 nitrogen and oxygen atoms in total. The molecule has 0 spiro atoms. The Labute approximate surface area is 60.2 Å². The molecule has 0 aliphatic heterocycles. The van der Waals surface area contributed by atoms with Gasteiger partial charge in [0.25, 0.3) is 0 Å². The third-order valence-corrected chi connectivity index (χ3v) is 2.88. The summed E-state index contributed by atoms with van der Waals surface area (Å²) in [4.78, 5) is 10.4. The highest BCUT2D eigenvalue weighted by Crippen LogP contribution is 2.57. The van der Waals surface area contributed by atoms with E-state index in [1.54, 1.807) is 0 Å². The fourth-order valence-electron chi connectivity index (χ4n) is 1.92. The van der Waals surface area contributed by atoms with Gasteiger partial charge in [-0.05, 0) is 30.6 Å². The summed E-state index contributed by atoms with van der Waals surface area (Å²) in [5, 5.41) is 8.59. The van der Waals surface area contributed by atoms with Crippen LogP contribution in [0.2, 0.25) is 0 Å². The van der Waals surface area contributed by atoms with Gasteiger partial charge in [0.1, 0.15) is 0 Å². The van der Waals surface area contributed by atoms with E-state index in [1.807, 2.05) is 0 Å². The second-order valence-electron chi connectivity index (χ2n) is 3.72. The van der Waals surface area contributed by atoms with E-state index >= 15 is 0 Å². The molecule has 0 unspecified atom stereocenters. The second-order valence-corrected chi connectivity index (χ2v) is 3.72. The van der Waals surface area contributed by atoms with Crippen LogP contribution in [0.4, 0.5) is 0 Å². The average Bonchev–Trinajstić information content (AvgIpc) is 2.57. The van der Waals surface area contributed by atoms with Crippen LogP contribution in [0.5, 0.6) is 0 Å². The van der Waals surface area contributed by atoms with Crippen molar-refractivity contribution in [2.45, 2.75) is 19.8 Å². The molecule has 0 aromatic heterocycles. The lowest BCUT2D eigenvalue weighted by molar-refractivity contribution is -0.138. The minimum Gasteiger partial charge on any atom is -0.481 e. The summed E-state index contributed by atoms with van der Waals surface area (Å²) in [5.41, 5.74) is 0. The molecule has 0 aromatic rings. The standard InChI is InChI=1S/C8H12O2/c1-4-2-5(4)6-3-7(6)8(9)10/h4-7H,2-3H2,1H3,(H,9,10)/t4-,5+,6-,7+/m1/s1. The average molecular weight is 140 g/mol. The molecule has 2 rings (SSSR count). The Morgan fingerprint density at radius 2 is 2.00 bits per heavy atom. The van der Waals surface area contributed by atoms with Gasteiger partial charge in [-0.25, -0.2) is 0 Å². The van der Waals surface area contributed by atoms with Gasteiger partial charge in [-0.15, -0.1) is 0 Å². The van der Waals surface area contributed by atoms with Crippen molar-refractivity contribution in [2.24, 2.45) is 23.7 Å². The van der Waals surface area contributed by atoms with E-state index in [4.69, 9.17) is 5.11 Å². The van der Waals surface area contributed by atoms with Gasteiger partial charge in [0.2, 0.25) is 0 Å². The van der Waals surface area contributed by atoms with E-state index in [1.165, 1.54) is 6.42 Å². The van der Waals surface area contributed by atoms with Crippen molar-refractivity contribution in [3.8, 4) is 0 Å². The van der Waals surface area contributed by atoms with Gasteiger partial charge in [0, 0.05) is 0 Å². The molecule has 2 heteroatoms. The van der Waals surface area contributed by atoms with Gasteiger partial charge in [0.05, 0.1) is 5.92 Å². The first-order valence-electron chi connectivity index (χ1n) is 3.93. The maximum atomic E-state index is 10.4. The fourth-order valence-corrected chi connectivity index (χ4v) is 1.92. The van der Waals surface area contributed by atoms with Crippen LogP contribution in [0.1, 0.15) is 19.8 Å². The Kier molecular flexibility index (Phi) is 1.08. The zero-order valence-corrected chi connectivity index (χ0v) is 6.08. The number of carboxylic acid groups (broad SMARTS) is 1. The fraction of sp³-hybridized carbons (Fsp3) is 0.875. The first-order valence-corrected chi connectivity index (χ1v) is 3.93. The number of aliphatic carboxylic acids is 1. The molecule has 2 aliphatic carbocycles. The zero-order valence-electron chi connectivity index (χ0n) is 6.08. The molecule has 0 bridgehead atoms. The molecule has 2 aliphatic rings. The second kappa shape index (κ2) is 1.74. The molecular weight excluding hydrogens is 128 g/mol. The van der Waals surface area contributed by atoms with E-state index in [-0.39, 0.29) is 5.92 Å². The van der Waals surface area contributed by atoms with Crippen molar-refractivity contribution in [1.82, 2.24) is 0 Å². The number of carboxylic acids is 1. The SMILES string of the molecule is C[C@@H]1C[C@@H]1[C@H]1C[C@@H]1C(=O)O. The van der Waals surface area contributed by atoms with Crippen molar-refractivity contribution >= 4 is 5.97 Å². The van der Waals surface area contributed by atoms with Gasteiger partial charge in [0.15, 0.2) is 0 Å². The van der Waals surface area contributed by atoms with Crippen LogP contribution in [0.25, 0.3) is 0 Å². The Balaban J connectivity index is 1.85. The highest BCUT2D eigenvalue weighted by molar-refractivity contribution is 5.73. The normalized spacial score (nSPS) is 50.5. The molecular formula is C8H12O2. The third-order valence-electron chi connectivity index (χ3n) is 2.88.